The maximum absolute atomic E-state index is 13.5. The number of aliphatic hydroxyl groups is 1. The molecule has 0 aliphatic carbocycles. The lowest BCUT2D eigenvalue weighted by atomic mass is 10.0. The van der Waals surface area contributed by atoms with Gasteiger partial charge in [0.2, 0.25) is 0 Å². The molecule has 0 saturated carbocycles. The van der Waals surface area contributed by atoms with Crippen LogP contribution in [-0.2, 0) is 0 Å². The van der Waals surface area contributed by atoms with E-state index in [0.29, 0.717) is 6.42 Å². The number of carbonyl (C=O) groups is 1. The molecule has 0 fully saturated rings. The van der Waals surface area contributed by atoms with Crippen LogP contribution in [0.25, 0.3) is 0 Å². The number of hydrogen-bond donors (Lipinski definition) is 3. The predicted octanol–water partition coefficient (Wildman–Crippen LogP) is 1.44. The molecule has 18 heavy (non-hydrogen) atoms. The first-order valence-corrected chi connectivity index (χ1v) is 5.52. The molecule has 0 aromatic heterocycles. The number of carbonyl (C=O) groups excluding carboxylic acids is 1. The van der Waals surface area contributed by atoms with Crippen LogP contribution in [0.1, 0.15) is 30.6 Å². The van der Waals surface area contributed by atoms with Gasteiger partial charge in [-0.2, -0.15) is 0 Å². The van der Waals surface area contributed by atoms with E-state index in [2.05, 4.69) is 5.32 Å². The first-order chi connectivity index (χ1) is 8.26. The van der Waals surface area contributed by atoms with Crippen molar-refractivity contribution >= 4 is 11.6 Å². The Kier molecular flexibility index (Phi) is 4.24. The Morgan fingerprint density at radius 2 is 2.11 bits per heavy atom. The number of nitrogens with one attached hydrogen (secondary N) is 1. The van der Waals surface area contributed by atoms with Crippen LogP contribution in [0.5, 0.6) is 0 Å². The Morgan fingerprint density at radius 1 is 1.50 bits per heavy atom. The molecule has 1 rings (SSSR count). The lowest BCUT2D eigenvalue weighted by molar-refractivity contribution is 0.0517. The quantitative estimate of drug-likeness (QED) is 0.715. The van der Waals surface area contributed by atoms with E-state index < -0.39 is 34.4 Å². The van der Waals surface area contributed by atoms with Crippen LogP contribution in [0, 0.1) is 11.6 Å². The summed E-state index contributed by atoms with van der Waals surface area (Å²) in [5.74, 6) is -2.57. The first-order valence-electron chi connectivity index (χ1n) is 5.52. The van der Waals surface area contributed by atoms with Gasteiger partial charge in [0, 0.05) is 6.54 Å². The van der Waals surface area contributed by atoms with Gasteiger partial charge in [-0.05, 0) is 25.5 Å². The molecular weight excluding hydrogens is 242 g/mol. The molecule has 0 aliphatic heterocycles. The Morgan fingerprint density at radius 3 is 2.67 bits per heavy atom. The zero-order valence-electron chi connectivity index (χ0n) is 10.3. The second-order valence-corrected chi connectivity index (χ2v) is 4.39. The highest BCUT2D eigenvalue weighted by atomic mass is 19.1. The van der Waals surface area contributed by atoms with E-state index in [1.165, 1.54) is 6.92 Å². The molecule has 1 aromatic rings. The lowest BCUT2D eigenvalue weighted by Gasteiger charge is -2.21. The molecule has 0 heterocycles. The zero-order valence-corrected chi connectivity index (χ0v) is 10.3. The number of nitrogens with two attached hydrogens (primary N) is 1. The minimum absolute atomic E-state index is 0.0573. The SMILES string of the molecule is CCC(C)(O)CNC(=O)c1cc(F)cc(N)c1F. The highest BCUT2D eigenvalue weighted by Crippen LogP contribution is 2.17. The van der Waals surface area contributed by atoms with Crippen molar-refractivity contribution in [1.29, 1.82) is 0 Å². The molecule has 1 atom stereocenters. The zero-order chi connectivity index (χ0) is 13.9. The van der Waals surface area contributed by atoms with Crippen molar-refractivity contribution in [2.24, 2.45) is 0 Å². The maximum atomic E-state index is 13.5. The van der Waals surface area contributed by atoms with Crippen molar-refractivity contribution in [2.45, 2.75) is 25.9 Å². The topological polar surface area (TPSA) is 75.3 Å². The Hall–Kier alpha value is -1.69. The first kappa shape index (κ1) is 14.4. The highest BCUT2D eigenvalue weighted by molar-refractivity contribution is 5.95. The smallest absolute Gasteiger partial charge is 0.254 e. The molecule has 1 unspecified atom stereocenters. The lowest BCUT2D eigenvalue weighted by Crippen LogP contribution is -2.40. The maximum Gasteiger partial charge on any atom is 0.254 e. The summed E-state index contributed by atoms with van der Waals surface area (Å²) < 4.78 is 26.6. The molecule has 0 saturated heterocycles. The highest BCUT2D eigenvalue weighted by Gasteiger charge is 2.21. The van der Waals surface area contributed by atoms with Gasteiger partial charge in [0.25, 0.3) is 5.91 Å². The van der Waals surface area contributed by atoms with Gasteiger partial charge >= 0.3 is 0 Å². The van der Waals surface area contributed by atoms with E-state index in [9.17, 15) is 18.7 Å². The second-order valence-electron chi connectivity index (χ2n) is 4.39. The number of anilines is 1. The van der Waals surface area contributed by atoms with Crippen LogP contribution in [0.2, 0.25) is 0 Å². The van der Waals surface area contributed by atoms with Crippen LogP contribution >= 0.6 is 0 Å². The molecule has 100 valence electrons. The number of benzene rings is 1. The summed E-state index contributed by atoms with van der Waals surface area (Å²) in [7, 11) is 0. The molecule has 1 amide bonds. The fourth-order valence-corrected chi connectivity index (χ4v) is 1.27. The minimum Gasteiger partial charge on any atom is -0.396 e. The van der Waals surface area contributed by atoms with Crippen molar-refractivity contribution in [3.8, 4) is 0 Å². The number of halogens is 2. The van der Waals surface area contributed by atoms with Crippen molar-refractivity contribution in [3.63, 3.8) is 0 Å². The molecule has 0 spiro atoms. The van der Waals surface area contributed by atoms with E-state index in [1.54, 1.807) is 6.92 Å². The summed E-state index contributed by atoms with van der Waals surface area (Å²) in [5.41, 5.74) is 3.23. The van der Waals surface area contributed by atoms with Crippen molar-refractivity contribution in [2.75, 3.05) is 12.3 Å². The van der Waals surface area contributed by atoms with Crippen LogP contribution in [0.4, 0.5) is 14.5 Å². The summed E-state index contributed by atoms with van der Waals surface area (Å²) >= 11 is 0. The molecule has 0 aliphatic rings. The van der Waals surface area contributed by atoms with Crippen LogP contribution in [-0.4, -0.2) is 23.2 Å². The predicted molar refractivity (Wildman–Crippen MR) is 64.0 cm³/mol. The fraction of sp³-hybridized carbons (Fsp3) is 0.417. The van der Waals surface area contributed by atoms with Gasteiger partial charge < -0.3 is 16.2 Å². The monoisotopic (exact) mass is 258 g/mol. The van der Waals surface area contributed by atoms with Crippen molar-refractivity contribution < 1.29 is 18.7 Å². The standard InChI is InChI=1S/C12H16F2N2O2/c1-3-12(2,18)6-16-11(17)8-4-7(13)5-9(15)10(8)14/h4-5,18H,3,6,15H2,1-2H3,(H,16,17). The number of amides is 1. The van der Waals surface area contributed by atoms with Gasteiger partial charge in [-0.15, -0.1) is 0 Å². The van der Waals surface area contributed by atoms with E-state index in [0.717, 1.165) is 12.1 Å². The molecule has 0 radical (unpaired) electrons. The van der Waals surface area contributed by atoms with Crippen LogP contribution in [0.15, 0.2) is 12.1 Å². The number of nitrogen functional groups attached to an aromatic ring is 1. The van der Waals surface area contributed by atoms with E-state index in [4.69, 9.17) is 5.73 Å². The molecule has 1 aromatic carbocycles. The largest absolute Gasteiger partial charge is 0.396 e. The summed E-state index contributed by atoms with van der Waals surface area (Å²) in [6, 6.07) is 1.57. The molecule has 4 nitrogen and oxygen atoms in total. The fourth-order valence-electron chi connectivity index (χ4n) is 1.27. The van der Waals surface area contributed by atoms with Gasteiger partial charge in [0.15, 0.2) is 5.82 Å². The van der Waals surface area contributed by atoms with E-state index in [1.807, 2.05) is 0 Å². The second kappa shape index (κ2) is 5.30. The summed E-state index contributed by atoms with van der Waals surface area (Å²) in [6.07, 6.45) is 0.418. The van der Waals surface area contributed by atoms with E-state index in [-0.39, 0.29) is 6.54 Å². The average molecular weight is 258 g/mol. The normalized spacial score (nSPS) is 14.1. The van der Waals surface area contributed by atoms with Gasteiger partial charge in [-0.3, -0.25) is 4.79 Å². The third-order valence-electron chi connectivity index (χ3n) is 2.70. The molecular formula is C12H16F2N2O2. The minimum atomic E-state index is -1.09. The van der Waals surface area contributed by atoms with Crippen molar-refractivity contribution in [3.05, 3.63) is 29.3 Å². The van der Waals surface area contributed by atoms with Gasteiger partial charge in [-0.25, -0.2) is 8.78 Å². The van der Waals surface area contributed by atoms with Gasteiger partial charge in [-0.1, -0.05) is 6.92 Å². The van der Waals surface area contributed by atoms with E-state index >= 15 is 0 Å². The Labute approximate surface area is 104 Å². The third-order valence-corrected chi connectivity index (χ3v) is 2.70. The number of rotatable bonds is 4. The molecule has 0 bridgehead atoms. The molecule has 4 N–H and O–H groups in total. The van der Waals surface area contributed by atoms with Gasteiger partial charge in [0.05, 0.1) is 16.9 Å². The third kappa shape index (κ3) is 3.40. The Bertz CT molecular complexity index is 462. The van der Waals surface area contributed by atoms with Crippen molar-refractivity contribution in [1.82, 2.24) is 5.32 Å². The molecule has 6 heteroatoms. The van der Waals surface area contributed by atoms with Crippen LogP contribution in [0.3, 0.4) is 0 Å². The van der Waals surface area contributed by atoms with Crippen LogP contribution < -0.4 is 11.1 Å². The number of hydrogen-bond acceptors (Lipinski definition) is 3. The summed E-state index contributed by atoms with van der Waals surface area (Å²) in [5, 5.41) is 12.0. The van der Waals surface area contributed by atoms with Gasteiger partial charge in [0.1, 0.15) is 5.82 Å². The Balaban J connectivity index is 2.85. The average Bonchev–Trinajstić information content (AvgIpc) is 2.31. The summed E-state index contributed by atoms with van der Waals surface area (Å²) in [4.78, 5) is 11.6. The summed E-state index contributed by atoms with van der Waals surface area (Å²) in [6.45, 7) is 3.22.